The molecule has 0 unspecified atom stereocenters. The van der Waals surface area contributed by atoms with Crippen LogP contribution >= 0.6 is 0 Å². The first-order valence-electron chi connectivity index (χ1n) is 9.13. The molecule has 0 atom stereocenters. The highest BCUT2D eigenvalue weighted by molar-refractivity contribution is 5.91. The average molecular weight is 363 g/mol. The minimum absolute atomic E-state index is 0.0620. The third kappa shape index (κ3) is 4.00. The van der Waals surface area contributed by atoms with Crippen molar-refractivity contribution in [2.24, 2.45) is 5.92 Å². The molecule has 2 saturated heterocycles. The molecule has 0 spiro atoms. The Labute approximate surface area is 152 Å². The molecular formula is C18H25N3O5. The summed E-state index contributed by atoms with van der Waals surface area (Å²) in [5.41, 5.74) is 0. The van der Waals surface area contributed by atoms with E-state index in [9.17, 15) is 14.4 Å². The van der Waals surface area contributed by atoms with Crippen LogP contribution in [0, 0.1) is 5.92 Å². The summed E-state index contributed by atoms with van der Waals surface area (Å²) >= 11 is 0. The monoisotopic (exact) mass is 363 g/mol. The first kappa shape index (κ1) is 18.3. The zero-order chi connectivity index (χ0) is 18.5. The van der Waals surface area contributed by atoms with Gasteiger partial charge in [-0.2, -0.15) is 0 Å². The predicted molar refractivity (Wildman–Crippen MR) is 92.5 cm³/mol. The van der Waals surface area contributed by atoms with Gasteiger partial charge in [0, 0.05) is 45.2 Å². The third-order valence-electron chi connectivity index (χ3n) is 4.98. The Balaban J connectivity index is 1.46. The normalized spacial score (nSPS) is 18.7. The summed E-state index contributed by atoms with van der Waals surface area (Å²) in [5.74, 6) is 0.257. The molecule has 26 heavy (non-hydrogen) atoms. The van der Waals surface area contributed by atoms with Crippen molar-refractivity contribution < 1.29 is 23.5 Å². The van der Waals surface area contributed by atoms with Crippen molar-refractivity contribution in [1.82, 2.24) is 14.7 Å². The minimum atomic E-state index is -0.302. The molecule has 3 heterocycles. The van der Waals surface area contributed by atoms with Gasteiger partial charge in [-0.15, -0.1) is 0 Å². The second-order valence-electron chi connectivity index (χ2n) is 6.56. The van der Waals surface area contributed by atoms with Gasteiger partial charge in [0.25, 0.3) is 5.91 Å². The van der Waals surface area contributed by atoms with Gasteiger partial charge in [0.15, 0.2) is 5.76 Å². The van der Waals surface area contributed by atoms with Crippen LogP contribution in [0.2, 0.25) is 0 Å². The molecular weight excluding hydrogens is 338 g/mol. The Morgan fingerprint density at radius 1 is 1.04 bits per heavy atom. The summed E-state index contributed by atoms with van der Waals surface area (Å²) in [4.78, 5) is 41.9. The predicted octanol–water partition coefficient (Wildman–Crippen LogP) is 1.43. The van der Waals surface area contributed by atoms with Crippen LogP contribution < -0.4 is 0 Å². The lowest BCUT2D eigenvalue weighted by Crippen LogP contribution is -2.53. The van der Waals surface area contributed by atoms with Crippen LogP contribution in [-0.4, -0.2) is 78.5 Å². The molecule has 1 aromatic rings. The van der Waals surface area contributed by atoms with Crippen LogP contribution in [0.3, 0.4) is 0 Å². The van der Waals surface area contributed by atoms with Crippen LogP contribution in [0.1, 0.15) is 30.3 Å². The van der Waals surface area contributed by atoms with E-state index in [2.05, 4.69) is 0 Å². The molecule has 0 saturated carbocycles. The smallest absolute Gasteiger partial charge is 0.409 e. The standard InChI is InChI=1S/C18H25N3O5/c1-2-25-18(24)21-7-5-14(6-8-21)16(22)19-9-11-20(12-10-19)17(23)15-4-3-13-26-15/h3-4,13-14H,2,5-12H2,1H3. The highest BCUT2D eigenvalue weighted by Gasteiger charge is 2.33. The van der Waals surface area contributed by atoms with E-state index >= 15 is 0 Å². The number of hydrogen-bond donors (Lipinski definition) is 0. The number of ether oxygens (including phenoxy) is 1. The summed E-state index contributed by atoms with van der Waals surface area (Å²) in [6.07, 6.45) is 2.49. The van der Waals surface area contributed by atoms with Gasteiger partial charge in [-0.05, 0) is 31.9 Å². The van der Waals surface area contributed by atoms with Crippen LogP contribution in [-0.2, 0) is 9.53 Å². The summed E-state index contributed by atoms with van der Waals surface area (Å²) < 4.78 is 10.2. The van der Waals surface area contributed by atoms with Crippen molar-refractivity contribution in [3.63, 3.8) is 0 Å². The van der Waals surface area contributed by atoms with E-state index in [0.717, 1.165) is 0 Å². The summed E-state index contributed by atoms with van der Waals surface area (Å²) in [6, 6.07) is 3.34. The van der Waals surface area contributed by atoms with E-state index in [1.54, 1.807) is 28.9 Å². The second-order valence-corrected chi connectivity index (χ2v) is 6.56. The lowest BCUT2D eigenvalue weighted by Gasteiger charge is -2.38. The van der Waals surface area contributed by atoms with Crippen molar-refractivity contribution in [3.8, 4) is 0 Å². The van der Waals surface area contributed by atoms with Crippen molar-refractivity contribution in [1.29, 1.82) is 0 Å². The van der Waals surface area contributed by atoms with Gasteiger partial charge < -0.3 is 23.9 Å². The molecule has 1 aromatic heterocycles. The van der Waals surface area contributed by atoms with Crippen LogP contribution in [0.5, 0.6) is 0 Å². The molecule has 2 fully saturated rings. The molecule has 8 nitrogen and oxygen atoms in total. The lowest BCUT2D eigenvalue weighted by atomic mass is 9.95. The zero-order valence-corrected chi connectivity index (χ0v) is 15.1. The fourth-order valence-corrected chi connectivity index (χ4v) is 3.47. The van der Waals surface area contributed by atoms with E-state index in [0.29, 0.717) is 64.5 Å². The van der Waals surface area contributed by atoms with Crippen molar-refractivity contribution in [2.45, 2.75) is 19.8 Å². The number of rotatable bonds is 3. The Morgan fingerprint density at radius 3 is 2.27 bits per heavy atom. The number of furan rings is 1. The van der Waals surface area contributed by atoms with Gasteiger partial charge in [-0.25, -0.2) is 4.79 Å². The zero-order valence-electron chi connectivity index (χ0n) is 15.1. The number of carbonyl (C=O) groups is 3. The molecule has 0 aliphatic carbocycles. The van der Waals surface area contributed by atoms with E-state index in [4.69, 9.17) is 9.15 Å². The second kappa shape index (κ2) is 8.25. The molecule has 2 aliphatic heterocycles. The molecule has 0 N–H and O–H groups in total. The lowest BCUT2D eigenvalue weighted by molar-refractivity contribution is -0.138. The Bertz CT molecular complexity index is 629. The summed E-state index contributed by atoms with van der Waals surface area (Å²) in [5, 5.41) is 0. The maximum absolute atomic E-state index is 12.7. The molecule has 0 aromatic carbocycles. The minimum Gasteiger partial charge on any atom is -0.459 e. The first-order valence-corrected chi connectivity index (χ1v) is 9.13. The third-order valence-corrected chi connectivity index (χ3v) is 4.98. The van der Waals surface area contributed by atoms with Gasteiger partial charge in [-0.3, -0.25) is 9.59 Å². The van der Waals surface area contributed by atoms with Crippen LogP contribution in [0.15, 0.2) is 22.8 Å². The largest absolute Gasteiger partial charge is 0.459 e. The van der Waals surface area contributed by atoms with Gasteiger partial charge in [-0.1, -0.05) is 0 Å². The molecule has 142 valence electrons. The van der Waals surface area contributed by atoms with Gasteiger partial charge in [0.1, 0.15) is 0 Å². The van der Waals surface area contributed by atoms with Crippen LogP contribution in [0.25, 0.3) is 0 Å². The molecule has 2 aliphatic rings. The summed E-state index contributed by atoms with van der Waals surface area (Å²) in [6.45, 7) is 5.31. The van der Waals surface area contributed by atoms with Gasteiger partial charge in [0.05, 0.1) is 12.9 Å². The average Bonchev–Trinajstić information content (AvgIpc) is 3.22. The number of likely N-dealkylation sites (tertiary alicyclic amines) is 1. The van der Waals surface area contributed by atoms with E-state index in [1.165, 1.54) is 6.26 Å². The van der Waals surface area contributed by atoms with Crippen LogP contribution in [0.4, 0.5) is 4.79 Å². The maximum Gasteiger partial charge on any atom is 0.409 e. The maximum atomic E-state index is 12.7. The van der Waals surface area contributed by atoms with E-state index in [-0.39, 0.29) is 23.8 Å². The number of hydrogen-bond acceptors (Lipinski definition) is 5. The Kier molecular flexibility index (Phi) is 5.80. The van der Waals surface area contributed by atoms with Crippen molar-refractivity contribution in [3.05, 3.63) is 24.2 Å². The highest BCUT2D eigenvalue weighted by atomic mass is 16.6. The fourth-order valence-electron chi connectivity index (χ4n) is 3.47. The van der Waals surface area contributed by atoms with E-state index < -0.39 is 0 Å². The fraction of sp³-hybridized carbons (Fsp3) is 0.611. The molecule has 8 heteroatoms. The molecule has 0 bridgehead atoms. The van der Waals surface area contributed by atoms with Crippen molar-refractivity contribution in [2.75, 3.05) is 45.9 Å². The van der Waals surface area contributed by atoms with Gasteiger partial charge >= 0.3 is 6.09 Å². The van der Waals surface area contributed by atoms with Gasteiger partial charge in [0.2, 0.25) is 5.91 Å². The first-order chi connectivity index (χ1) is 12.6. The number of amides is 3. The Morgan fingerprint density at radius 2 is 1.69 bits per heavy atom. The highest BCUT2D eigenvalue weighted by Crippen LogP contribution is 2.21. The number of carbonyl (C=O) groups excluding carboxylic acids is 3. The molecule has 3 rings (SSSR count). The quantitative estimate of drug-likeness (QED) is 0.811. The number of nitrogens with zero attached hydrogens (tertiary/aromatic N) is 3. The molecule has 0 radical (unpaired) electrons. The van der Waals surface area contributed by atoms with E-state index in [1.807, 2.05) is 4.90 Å². The summed E-state index contributed by atoms with van der Waals surface area (Å²) in [7, 11) is 0. The van der Waals surface area contributed by atoms with Crippen molar-refractivity contribution >= 4 is 17.9 Å². The Hall–Kier alpha value is -2.51. The SMILES string of the molecule is CCOC(=O)N1CCC(C(=O)N2CCN(C(=O)c3ccco3)CC2)CC1. The number of piperidine rings is 1. The topological polar surface area (TPSA) is 83.3 Å². The molecule has 3 amide bonds. The number of piperazine rings is 1.